The fourth-order valence-electron chi connectivity index (χ4n) is 1.57. The fraction of sp³-hybridized carbons (Fsp3) is 0.800. The van der Waals surface area contributed by atoms with Gasteiger partial charge in [-0.25, -0.2) is 0 Å². The number of rotatable bonds is 5. The highest BCUT2D eigenvalue weighted by molar-refractivity contribution is 9.09. The number of methoxy groups -OCH3 is 1. The lowest BCUT2D eigenvalue weighted by molar-refractivity contribution is 0.0751. The summed E-state index contributed by atoms with van der Waals surface area (Å²) in [7, 11) is 1.70. The molecule has 2 atom stereocenters. The molecule has 0 spiro atoms. The van der Waals surface area contributed by atoms with Crippen molar-refractivity contribution in [3.05, 3.63) is 11.7 Å². The van der Waals surface area contributed by atoms with Gasteiger partial charge >= 0.3 is 0 Å². The minimum absolute atomic E-state index is 0.0130. The minimum atomic E-state index is 0.0130. The van der Waals surface area contributed by atoms with Gasteiger partial charge in [-0.15, -0.1) is 0 Å². The number of hydrogen-bond acceptors (Lipinski definition) is 4. The number of hydrogen-bond donors (Lipinski definition) is 0. The summed E-state index contributed by atoms with van der Waals surface area (Å²) in [5.41, 5.74) is 0. The van der Waals surface area contributed by atoms with Gasteiger partial charge in [0.2, 0.25) is 11.7 Å². The molecule has 5 heteroatoms. The Kier molecular flexibility index (Phi) is 3.41. The summed E-state index contributed by atoms with van der Waals surface area (Å²) in [6.07, 6.45) is 3.35. The molecule has 0 aliphatic heterocycles. The van der Waals surface area contributed by atoms with E-state index in [9.17, 15) is 0 Å². The molecule has 0 aromatic carbocycles. The van der Waals surface area contributed by atoms with E-state index in [1.54, 1.807) is 7.11 Å². The lowest BCUT2D eigenvalue weighted by Gasteiger charge is -2.08. The van der Waals surface area contributed by atoms with Gasteiger partial charge in [0.05, 0.1) is 4.83 Å². The lowest BCUT2D eigenvalue weighted by atomic mass is 10.2. The van der Waals surface area contributed by atoms with Gasteiger partial charge in [-0.05, 0) is 25.2 Å². The average Bonchev–Trinajstić information content (AvgIpc) is 2.96. The third kappa shape index (κ3) is 2.39. The molecule has 1 aromatic rings. The molecule has 0 N–H and O–H groups in total. The summed E-state index contributed by atoms with van der Waals surface area (Å²) in [6, 6.07) is 0. The van der Waals surface area contributed by atoms with Crippen LogP contribution in [0.1, 0.15) is 48.8 Å². The van der Waals surface area contributed by atoms with Crippen molar-refractivity contribution >= 4 is 15.9 Å². The maximum Gasteiger partial charge on any atom is 0.240 e. The molecule has 1 saturated carbocycles. The molecule has 1 heterocycles. The first-order valence-corrected chi connectivity index (χ1v) is 6.18. The van der Waals surface area contributed by atoms with E-state index in [1.165, 1.54) is 12.8 Å². The molecule has 2 rings (SSSR count). The van der Waals surface area contributed by atoms with Crippen LogP contribution in [0.4, 0.5) is 0 Å². The number of alkyl halides is 1. The molecule has 1 aliphatic carbocycles. The first-order valence-electron chi connectivity index (χ1n) is 5.26. The number of halogens is 1. The molecule has 0 saturated heterocycles. The van der Waals surface area contributed by atoms with Crippen LogP contribution < -0.4 is 0 Å². The third-order valence-corrected chi connectivity index (χ3v) is 3.68. The van der Waals surface area contributed by atoms with Gasteiger partial charge in [0, 0.05) is 7.11 Å². The van der Waals surface area contributed by atoms with Crippen molar-refractivity contribution in [2.75, 3.05) is 7.11 Å². The zero-order chi connectivity index (χ0) is 10.8. The third-order valence-electron chi connectivity index (χ3n) is 2.64. The van der Waals surface area contributed by atoms with Crippen molar-refractivity contribution in [1.29, 1.82) is 0 Å². The van der Waals surface area contributed by atoms with E-state index in [0.29, 0.717) is 17.6 Å². The molecule has 1 aromatic heterocycles. The summed E-state index contributed by atoms with van der Waals surface area (Å²) in [6.45, 7) is 2.07. The number of aromatic nitrogens is 2. The predicted molar refractivity (Wildman–Crippen MR) is 58.7 cm³/mol. The zero-order valence-electron chi connectivity index (χ0n) is 8.94. The van der Waals surface area contributed by atoms with Crippen LogP contribution in [-0.4, -0.2) is 17.3 Å². The van der Waals surface area contributed by atoms with E-state index < -0.39 is 0 Å². The first kappa shape index (κ1) is 11.1. The average molecular weight is 275 g/mol. The summed E-state index contributed by atoms with van der Waals surface area (Å²) in [4.78, 5) is 4.51. The van der Waals surface area contributed by atoms with Crippen molar-refractivity contribution in [3.8, 4) is 0 Å². The maximum atomic E-state index is 5.39. The van der Waals surface area contributed by atoms with E-state index in [-0.39, 0.29) is 10.9 Å². The van der Waals surface area contributed by atoms with Crippen LogP contribution in [0.3, 0.4) is 0 Å². The molecule has 0 amide bonds. The Labute approximate surface area is 97.5 Å². The minimum Gasteiger partial charge on any atom is -0.373 e. The summed E-state index contributed by atoms with van der Waals surface area (Å²) in [5, 5.41) is 3.98. The highest BCUT2D eigenvalue weighted by Crippen LogP contribution is 2.42. The van der Waals surface area contributed by atoms with Crippen LogP contribution in [-0.2, 0) is 4.74 Å². The van der Waals surface area contributed by atoms with Gasteiger partial charge in [0.15, 0.2) is 0 Å². The maximum absolute atomic E-state index is 5.39. The Morgan fingerprint density at radius 3 is 2.87 bits per heavy atom. The second kappa shape index (κ2) is 4.61. The zero-order valence-corrected chi connectivity index (χ0v) is 10.5. The highest BCUT2D eigenvalue weighted by atomic mass is 79.9. The second-order valence-corrected chi connectivity index (χ2v) is 4.97. The Bertz CT molecular complexity index is 325. The van der Waals surface area contributed by atoms with Crippen molar-refractivity contribution in [2.24, 2.45) is 5.92 Å². The van der Waals surface area contributed by atoms with Gasteiger partial charge in [0.1, 0.15) is 6.10 Å². The van der Waals surface area contributed by atoms with E-state index in [0.717, 1.165) is 6.42 Å². The Morgan fingerprint density at radius 1 is 1.60 bits per heavy atom. The summed E-state index contributed by atoms with van der Waals surface area (Å²) < 4.78 is 10.6. The molecule has 4 nitrogen and oxygen atoms in total. The van der Waals surface area contributed by atoms with Crippen molar-refractivity contribution in [1.82, 2.24) is 10.1 Å². The predicted octanol–water partition coefficient (Wildman–Crippen LogP) is 3.01. The highest BCUT2D eigenvalue weighted by Gasteiger charge is 2.35. The van der Waals surface area contributed by atoms with Crippen LogP contribution in [0.5, 0.6) is 0 Å². The topological polar surface area (TPSA) is 48.2 Å². The van der Waals surface area contributed by atoms with Crippen LogP contribution in [0, 0.1) is 5.92 Å². The van der Waals surface area contributed by atoms with Crippen molar-refractivity contribution in [2.45, 2.75) is 37.1 Å². The summed E-state index contributed by atoms with van der Waals surface area (Å²) >= 11 is 3.48. The molecule has 0 radical (unpaired) electrons. The van der Waals surface area contributed by atoms with Crippen LogP contribution in [0.15, 0.2) is 4.52 Å². The molecule has 1 fully saturated rings. The Hall–Kier alpha value is -0.420. The molecule has 84 valence electrons. The molecular formula is C10H15BrN2O2. The van der Waals surface area contributed by atoms with Crippen LogP contribution in [0.2, 0.25) is 0 Å². The van der Waals surface area contributed by atoms with Gasteiger partial charge in [-0.2, -0.15) is 4.98 Å². The standard InChI is InChI=1S/C10H15BrN2O2/c1-3-7(11)10-12-9(13-15-10)8(14-2)6-4-5-6/h6-8H,3-5H2,1-2H3. The molecule has 2 unspecified atom stereocenters. The van der Waals surface area contributed by atoms with Crippen LogP contribution in [0.25, 0.3) is 0 Å². The molecular weight excluding hydrogens is 260 g/mol. The van der Waals surface area contributed by atoms with Crippen LogP contribution >= 0.6 is 15.9 Å². The molecule has 0 bridgehead atoms. The van der Waals surface area contributed by atoms with Crippen molar-refractivity contribution < 1.29 is 9.26 Å². The lowest BCUT2D eigenvalue weighted by Crippen LogP contribution is -2.06. The smallest absolute Gasteiger partial charge is 0.240 e. The molecule has 15 heavy (non-hydrogen) atoms. The summed E-state index contributed by atoms with van der Waals surface area (Å²) in [5.74, 6) is 1.92. The second-order valence-electron chi connectivity index (χ2n) is 3.86. The monoisotopic (exact) mass is 274 g/mol. The fourth-order valence-corrected chi connectivity index (χ4v) is 1.76. The van der Waals surface area contributed by atoms with E-state index in [4.69, 9.17) is 9.26 Å². The van der Waals surface area contributed by atoms with E-state index in [1.807, 2.05) is 0 Å². The van der Waals surface area contributed by atoms with E-state index >= 15 is 0 Å². The first-order chi connectivity index (χ1) is 7.26. The Morgan fingerprint density at radius 2 is 2.33 bits per heavy atom. The van der Waals surface area contributed by atoms with Gasteiger partial charge in [-0.3, -0.25) is 0 Å². The molecule has 1 aliphatic rings. The number of ether oxygens (including phenoxy) is 1. The van der Waals surface area contributed by atoms with Gasteiger partial charge < -0.3 is 9.26 Å². The van der Waals surface area contributed by atoms with Crippen molar-refractivity contribution in [3.63, 3.8) is 0 Å². The largest absolute Gasteiger partial charge is 0.373 e. The SMILES string of the molecule is CCC(Br)c1nc(C(OC)C2CC2)no1. The normalized spacial score (nSPS) is 20.2. The van der Waals surface area contributed by atoms with Gasteiger partial charge in [-0.1, -0.05) is 28.0 Å². The number of nitrogens with zero attached hydrogens (tertiary/aromatic N) is 2. The van der Waals surface area contributed by atoms with Gasteiger partial charge in [0.25, 0.3) is 0 Å². The Balaban J connectivity index is 2.10. The van der Waals surface area contributed by atoms with E-state index in [2.05, 4.69) is 33.0 Å². The quantitative estimate of drug-likeness (QED) is 0.775.